The van der Waals surface area contributed by atoms with Crippen LogP contribution >= 0.6 is 23.2 Å². The van der Waals surface area contributed by atoms with Gasteiger partial charge in [0.05, 0.1) is 62.2 Å². The van der Waals surface area contributed by atoms with E-state index in [1.807, 2.05) is 111 Å². The third-order valence-corrected chi connectivity index (χ3v) is 25.7. The zero-order valence-corrected chi connectivity index (χ0v) is 65.9. The Balaban J connectivity index is 0.000000108. The number of halogens is 5. The van der Waals surface area contributed by atoms with Gasteiger partial charge >= 0.3 is 6.18 Å². The lowest BCUT2D eigenvalue weighted by atomic mass is 9.94. The van der Waals surface area contributed by atoms with Gasteiger partial charge in [-0.1, -0.05) is 89.9 Å². The molecule has 8 aromatic heterocycles. The second-order valence-corrected chi connectivity index (χ2v) is 33.3. The van der Waals surface area contributed by atoms with Crippen LogP contribution in [0.2, 0.25) is 10.0 Å². The van der Waals surface area contributed by atoms with Crippen LogP contribution < -0.4 is 4.74 Å². The highest BCUT2D eigenvalue weighted by Gasteiger charge is 2.42. The SMILES string of the molecule is CC(O)(Cn1c2c(c3cc(Cl)cnc31)C1CCCN1CC2)c1ccccc1.COc1ccc(C(O)Cn2c3c(c4cc(C)cnc42)C2CCCN2CC3)cc1.Cc1cnc2c(c1)c1c(n2CC(O)c2ccc(C(F)(F)F)cc2)CCN2CCCC12.Cc1cnc2c(c1)c1c(n2CC(O)c2ccc(Cl)cc2)CCN2CCCC12. The molecule has 0 bridgehead atoms. The van der Waals surface area contributed by atoms with Crippen molar-refractivity contribution in [3.63, 3.8) is 0 Å². The molecule has 20 rings (SSSR count). The number of alkyl halides is 3. The fraction of sp³-hybridized carbons (Fsp3) is 0.422. The number of rotatable bonds is 13. The Morgan fingerprint density at radius 3 is 1.14 bits per heavy atom. The Morgan fingerprint density at radius 2 is 0.768 bits per heavy atom. The maximum Gasteiger partial charge on any atom is 0.416 e. The summed E-state index contributed by atoms with van der Waals surface area (Å²) in [7, 11) is 1.66. The number of hydrogen-bond donors (Lipinski definition) is 4. The van der Waals surface area contributed by atoms with E-state index < -0.39 is 35.7 Å². The van der Waals surface area contributed by atoms with Crippen molar-refractivity contribution in [2.75, 3.05) is 59.5 Å². The molecule has 0 radical (unpaired) electrons. The molecule has 4 fully saturated rings. The van der Waals surface area contributed by atoms with Crippen LogP contribution in [0.3, 0.4) is 0 Å². The first-order chi connectivity index (χ1) is 54.1. The summed E-state index contributed by atoms with van der Waals surface area (Å²) in [4.78, 5) is 29.3. The van der Waals surface area contributed by atoms with Crippen LogP contribution in [0.4, 0.5) is 13.2 Å². The summed E-state index contributed by atoms with van der Waals surface area (Å²) in [5.74, 6) is 0.804. The van der Waals surface area contributed by atoms with Crippen LogP contribution in [0.5, 0.6) is 5.75 Å². The Bertz CT molecular complexity index is 5430. The minimum absolute atomic E-state index is 0.278. The largest absolute Gasteiger partial charge is 0.497 e. The Hall–Kier alpha value is -8.51. The molecular weight excluding hydrogens is 1460 g/mol. The number of benzene rings is 4. The highest BCUT2D eigenvalue weighted by atomic mass is 35.5. The van der Waals surface area contributed by atoms with Crippen molar-refractivity contribution in [1.29, 1.82) is 0 Å². The molecule has 4 N–H and O–H groups in total. The predicted molar refractivity (Wildman–Crippen MR) is 434 cm³/mol. The predicted octanol–water partition coefficient (Wildman–Crippen LogP) is 17.3. The van der Waals surface area contributed by atoms with E-state index in [1.165, 1.54) is 144 Å². The van der Waals surface area contributed by atoms with Gasteiger partial charge in [0.1, 0.15) is 33.9 Å². The number of nitrogens with zero attached hydrogens (tertiary/aromatic N) is 12. The van der Waals surface area contributed by atoms with Crippen LogP contribution in [-0.4, -0.2) is 138 Å². The lowest BCUT2D eigenvalue weighted by Gasteiger charge is -2.32. The maximum absolute atomic E-state index is 12.8. The van der Waals surface area contributed by atoms with Crippen LogP contribution in [0, 0.1) is 20.8 Å². The first kappa shape index (κ1) is 76.1. The highest BCUT2D eigenvalue weighted by Crippen LogP contribution is 2.49. The van der Waals surface area contributed by atoms with Gasteiger partial charge in [-0.3, -0.25) is 19.6 Å². The zero-order chi connectivity index (χ0) is 77.4. The van der Waals surface area contributed by atoms with E-state index >= 15 is 0 Å². The molecule has 16 heterocycles. The second-order valence-electron chi connectivity index (χ2n) is 32.4. The van der Waals surface area contributed by atoms with Crippen LogP contribution in [0.25, 0.3) is 44.1 Å². The summed E-state index contributed by atoms with van der Waals surface area (Å²) in [5, 5.41) is 50.2. The number of methoxy groups -OCH3 is 1. The Morgan fingerprint density at radius 1 is 0.429 bits per heavy atom. The Kier molecular flexibility index (Phi) is 21.3. The summed E-state index contributed by atoms with van der Waals surface area (Å²) in [6, 6.07) is 40.5. The van der Waals surface area contributed by atoms with Gasteiger partial charge in [0, 0.05) is 150 Å². The van der Waals surface area contributed by atoms with E-state index in [-0.39, 0.29) is 6.54 Å². The van der Waals surface area contributed by atoms with Crippen molar-refractivity contribution in [2.45, 2.75) is 185 Å². The number of pyridine rings is 4. The van der Waals surface area contributed by atoms with E-state index in [1.54, 1.807) is 13.3 Å². The zero-order valence-electron chi connectivity index (χ0n) is 64.4. The molecule has 4 saturated heterocycles. The fourth-order valence-electron chi connectivity index (χ4n) is 19.9. The van der Waals surface area contributed by atoms with Gasteiger partial charge in [0.25, 0.3) is 0 Å². The maximum atomic E-state index is 12.8. The van der Waals surface area contributed by atoms with Gasteiger partial charge < -0.3 is 43.4 Å². The average molecular weight is 1560 g/mol. The first-order valence-corrected chi connectivity index (χ1v) is 40.8. The third kappa shape index (κ3) is 14.7. The monoisotopic (exact) mass is 1550 g/mol. The lowest BCUT2D eigenvalue weighted by Crippen LogP contribution is -2.33. The average Bonchev–Trinajstić information content (AvgIpc) is 1.60. The molecule has 17 nitrogen and oxygen atoms in total. The number of aliphatic hydroxyl groups excluding tert-OH is 3. The highest BCUT2D eigenvalue weighted by molar-refractivity contribution is 6.31. The molecule has 22 heteroatoms. The lowest BCUT2D eigenvalue weighted by molar-refractivity contribution is -0.137. The first-order valence-electron chi connectivity index (χ1n) is 40.1. The minimum Gasteiger partial charge on any atom is -0.497 e. The number of aromatic nitrogens is 8. The third-order valence-electron chi connectivity index (χ3n) is 25.2. The molecule has 584 valence electrons. The van der Waals surface area contributed by atoms with Crippen molar-refractivity contribution in [3.05, 3.63) is 252 Å². The van der Waals surface area contributed by atoms with Crippen LogP contribution in [0.15, 0.2) is 152 Å². The number of aliphatic hydroxyl groups is 4. The van der Waals surface area contributed by atoms with Crippen molar-refractivity contribution >= 4 is 67.3 Å². The molecule has 8 aliphatic rings. The fourth-order valence-corrected chi connectivity index (χ4v) is 20.2. The molecule has 0 aliphatic carbocycles. The number of hydrogen-bond acceptors (Lipinski definition) is 13. The van der Waals surface area contributed by atoms with E-state index in [4.69, 9.17) is 37.9 Å². The van der Waals surface area contributed by atoms with Crippen LogP contribution in [-0.2, 0) is 63.6 Å². The van der Waals surface area contributed by atoms with Gasteiger partial charge in [-0.25, -0.2) is 19.9 Å². The molecular formula is C90H99Cl2F3N12O5. The van der Waals surface area contributed by atoms with E-state index in [9.17, 15) is 33.6 Å². The molecule has 8 unspecified atom stereocenters. The molecule has 4 aromatic carbocycles. The van der Waals surface area contributed by atoms with Gasteiger partial charge in [-0.15, -0.1) is 0 Å². The number of ether oxygens (including phenoxy) is 1. The van der Waals surface area contributed by atoms with Crippen molar-refractivity contribution in [3.8, 4) is 5.75 Å². The normalized spacial score (nSPS) is 20.7. The van der Waals surface area contributed by atoms with Crippen LogP contribution in [0.1, 0.15) is 190 Å². The molecule has 8 atom stereocenters. The van der Waals surface area contributed by atoms with Gasteiger partial charge in [-0.2, -0.15) is 13.2 Å². The molecule has 112 heavy (non-hydrogen) atoms. The van der Waals surface area contributed by atoms with E-state index in [0.29, 0.717) is 59.4 Å². The van der Waals surface area contributed by atoms with Crippen molar-refractivity contribution in [2.24, 2.45) is 0 Å². The topological polar surface area (TPSA) is 174 Å². The van der Waals surface area contributed by atoms with Gasteiger partial charge in [0.15, 0.2) is 0 Å². The summed E-state index contributed by atoms with van der Waals surface area (Å²) in [5.41, 5.74) is 19.7. The Labute approximate surface area is 661 Å². The van der Waals surface area contributed by atoms with Crippen molar-refractivity contribution < 1.29 is 38.3 Å². The van der Waals surface area contributed by atoms with E-state index in [0.717, 1.165) is 138 Å². The summed E-state index contributed by atoms with van der Waals surface area (Å²) in [6.45, 7) is 18.9. The molecule has 0 amide bonds. The van der Waals surface area contributed by atoms with Gasteiger partial charge in [-0.05, 0) is 227 Å². The number of fused-ring (bicyclic) bond motifs is 20. The van der Waals surface area contributed by atoms with Crippen molar-refractivity contribution in [1.82, 2.24) is 57.8 Å². The van der Waals surface area contributed by atoms with Gasteiger partial charge in [0.2, 0.25) is 0 Å². The minimum atomic E-state index is -4.38. The molecule has 0 saturated carbocycles. The summed E-state index contributed by atoms with van der Waals surface area (Å²) < 4.78 is 52.6. The van der Waals surface area contributed by atoms with E-state index in [2.05, 4.69) is 85.9 Å². The molecule has 12 aromatic rings. The molecule has 8 aliphatic heterocycles. The molecule has 0 spiro atoms. The smallest absolute Gasteiger partial charge is 0.416 e. The summed E-state index contributed by atoms with van der Waals surface area (Å²) in [6.07, 6.45) is 14.6. The number of aryl methyl sites for hydroxylation is 3. The quantitative estimate of drug-likeness (QED) is 0.0859. The summed E-state index contributed by atoms with van der Waals surface area (Å²) >= 11 is 12.3. The second kappa shape index (κ2) is 31.4. The standard InChI is InChI=1S/C23H24F3N3O.C23H27N3O2.2C22H24ClN3O/c1-14-11-17-21-18-3-2-9-28(18)10-8-19(21)29(22(17)27-12-14)13-20(30)15-4-6-16(7-5-15)23(24,25)26;1-15-12-18-22-19-4-3-10-25(19)11-9-20(22)26(23(18)24-13-15)14-21(27)16-5-7-17(28-2)8-6-16;1-14-11-17-21-18-3-2-9-25(18)10-8-19(21)26(22(17)24-12-14)13-20(27)15-4-6-16(23)7-5-15;1-22(27,15-6-3-2-4-7-15)14-26-19-9-11-25-10-5-8-18(25)20(19)17-12-16(23)13-24-21(17)26/h4-7,11-12,18,20,30H,2-3,8-10,13H2,1H3;5-8,12-13,19,21,27H,3-4,9-11,14H2,1-2H3;4-7,11-12,18,20,27H,2-3,8-10,13H2,1H3;2-4,6-7,12-13,18,27H,5,8-11,14H2,1H3.